The Kier molecular flexibility index (Phi) is 3.58. The highest BCUT2D eigenvalue weighted by Gasteiger charge is 2.02. The van der Waals surface area contributed by atoms with Gasteiger partial charge < -0.3 is 5.32 Å². The van der Waals surface area contributed by atoms with Crippen LogP contribution >= 0.6 is 0 Å². The van der Waals surface area contributed by atoms with Gasteiger partial charge in [0.2, 0.25) is 0 Å². The van der Waals surface area contributed by atoms with Crippen LogP contribution in [0.5, 0.6) is 0 Å². The number of halogens is 1. The maximum atomic E-state index is 13.3. The van der Waals surface area contributed by atoms with Gasteiger partial charge >= 0.3 is 0 Å². The van der Waals surface area contributed by atoms with Gasteiger partial charge in [-0.25, -0.2) is 4.39 Å². The average Bonchev–Trinajstić information content (AvgIpc) is 2.75. The van der Waals surface area contributed by atoms with E-state index in [9.17, 15) is 4.39 Å². The van der Waals surface area contributed by atoms with Gasteiger partial charge in [-0.1, -0.05) is 0 Å². The molecule has 0 aliphatic carbocycles. The number of aromatic nitrogens is 2. The van der Waals surface area contributed by atoms with Gasteiger partial charge in [0.25, 0.3) is 0 Å². The molecule has 0 radical (unpaired) electrons. The number of nitriles is 1. The van der Waals surface area contributed by atoms with Gasteiger partial charge in [-0.05, 0) is 24.3 Å². The number of rotatable bonds is 4. The first kappa shape index (κ1) is 12.1. The Morgan fingerprint density at radius 2 is 2.28 bits per heavy atom. The van der Waals surface area contributed by atoms with Crippen molar-refractivity contribution in [1.82, 2.24) is 9.78 Å². The molecule has 0 saturated heterocycles. The molecule has 2 aromatic rings. The first-order chi connectivity index (χ1) is 8.69. The SMILES string of the molecule is Cn1ccc(CCNc2ccc(C#N)c(F)c2)n1. The summed E-state index contributed by atoms with van der Waals surface area (Å²) in [6.07, 6.45) is 2.65. The van der Waals surface area contributed by atoms with Gasteiger partial charge in [0.1, 0.15) is 11.9 Å². The van der Waals surface area contributed by atoms with Gasteiger partial charge in [-0.15, -0.1) is 0 Å². The van der Waals surface area contributed by atoms with Crippen LogP contribution in [0.25, 0.3) is 0 Å². The number of benzene rings is 1. The molecule has 1 N–H and O–H groups in total. The fraction of sp³-hybridized carbons (Fsp3) is 0.231. The van der Waals surface area contributed by atoms with Crippen LogP contribution in [-0.2, 0) is 13.5 Å². The fourth-order valence-corrected chi connectivity index (χ4v) is 1.65. The van der Waals surface area contributed by atoms with Crippen LogP contribution in [0.4, 0.5) is 10.1 Å². The van der Waals surface area contributed by atoms with Crippen molar-refractivity contribution < 1.29 is 4.39 Å². The van der Waals surface area contributed by atoms with E-state index in [-0.39, 0.29) is 5.56 Å². The summed E-state index contributed by atoms with van der Waals surface area (Å²) in [6.45, 7) is 0.669. The Balaban J connectivity index is 1.91. The van der Waals surface area contributed by atoms with Gasteiger partial charge in [-0.3, -0.25) is 4.68 Å². The molecule has 1 heterocycles. The van der Waals surface area contributed by atoms with E-state index < -0.39 is 5.82 Å². The largest absolute Gasteiger partial charge is 0.385 e. The summed E-state index contributed by atoms with van der Waals surface area (Å²) in [5.74, 6) is -0.500. The van der Waals surface area contributed by atoms with Crippen LogP contribution in [0, 0.1) is 17.1 Å². The first-order valence-electron chi connectivity index (χ1n) is 5.61. The molecule has 0 aliphatic heterocycles. The third-order valence-electron chi connectivity index (χ3n) is 2.57. The Morgan fingerprint density at radius 3 is 2.89 bits per heavy atom. The van der Waals surface area contributed by atoms with E-state index in [2.05, 4.69) is 10.4 Å². The molecule has 0 amide bonds. The van der Waals surface area contributed by atoms with E-state index in [1.807, 2.05) is 19.3 Å². The zero-order valence-electron chi connectivity index (χ0n) is 10.0. The minimum atomic E-state index is -0.500. The number of aryl methyl sites for hydroxylation is 1. The van der Waals surface area contributed by atoms with E-state index in [0.717, 1.165) is 12.1 Å². The monoisotopic (exact) mass is 244 g/mol. The average molecular weight is 244 g/mol. The van der Waals surface area contributed by atoms with Crippen LogP contribution in [0.3, 0.4) is 0 Å². The lowest BCUT2D eigenvalue weighted by atomic mass is 10.2. The van der Waals surface area contributed by atoms with Crippen molar-refractivity contribution in [3.05, 3.63) is 47.5 Å². The normalized spacial score (nSPS) is 10.1. The second-order valence-electron chi connectivity index (χ2n) is 3.96. The highest BCUT2D eigenvalue weighted by molar-refractivity contribution is 5.48. The summed E-state index contributed by atoms with van der Waals surface area (Å²) in [4.78, 5) is 0. The summed E-state index contributed by atoms with van der Waals surface area (Å²) < 4.78 is 15.1. The molecule has 0 unspecified atom stereocenters. The molecule has 4 nitrogen and oxygen atoms in total. The lowest BCUT2D eigenvalue weighted by molar-refractivity contribution is 0.624. The van der Waals surface area contributed by atoms with Crippen molar-refractivity contribution in [1.29, 1.82) is 5.26 Å². The second-order valence-corrected chi connectivity index (χ2v) is 3.96. The molecule has 18 heavy (non-hydrogen) atoms. The van der Waals surface area contributed by atoms with Crippen LogP contribution in [0.2, 0.25) is 0 Å². The van der Waals surface area contributed by atoms with Gasteiger partial charge in [0.15, 0.2) is 0 Å². The third kappa shape index (κ3) is 2.86. The standard InChI is InChI=1S/C13H13FN4/c1-18-7-5-11(17-18)4-6-16-12-3-2-10(9-15)13(14)8-12/h2-3,5,7-8,16H,4,6H2,1H3. The Hall–Kier alpha value is -2.35. The van der Waals surface area contributed by atoms with Gasteiger partial charge in [-0.2, -0.15) is 10.4 Å². The highest BCUT2D eigenvalue weighted by atomic mass is 19.1. The summed E-state index contributed by atoms with van der Waals surface area (Å²) >= 11 is 0. The van der Waals surface area contributed by atoms with Gasteiger partial charge in [0.05, 0.1) is 11.3 Å². The molecule has 0 saturated carbocycles. The van der Waals surface area contributed by atoms with Crippen molar-refractivity contribution in [3.63, 3.8) is 0 Å². The second kappa shape index (κ2) is 5.32. The molecule has 2 rings (SSSR count). The quantitative estimate of drug-likeness (QED) is 0.896. The topological polar surface area (TPSA) is 53.6 Å². The van der Waals surface area contributed by atoms with Crippen molar-refractivity contribution in [2.75, 3.05) is 11.9 Å². The van der Waals surface area contributed by atoms with Crippen molar-refractivity contribution >= 4 is 5.69 Å². The summed E-state index contributed by atoms with van der Waals surface area (Å²) in [5, 5.41) is 16.0. The smallest absolute Gasteiger partial charge is 0.143 e. The van der Waals surface area contributed by atoms with E-state index in [4.69, 9.17) is 5.26 Å². The number of nitrogens with zero attached hydrogens (tertiary/aromatic N) is 3. The van der Waals surface area contributed by atoms with E-state index in [0.29, 0.717) is 12.2 Å². The highest BCUT2D eigenvalue weighted by Crippen LogP contribution is 2.13. The van der Waals surface area contributed by atoms with Gasteiger partial charge in [0, 0.05) is 31.9 Å². The van der Waals surface area contributed by atoms with E-state index in [1.54, 1.807) is 16.8 Å². The minimum Gasteiger partial charge on any atom is -0.385 e. The van der Waals surface area contributed by atoms with E-state index in [1.165, 1.54) is 12.1 Å². The molecule has 0 atom stereocenters. The summed E-state index contributed by atoms with van der Waals surface area (Å²) in [7, 11) is 1.87. The Labute approximate surface area is 105 Å². The predicted molar refractivity (Wildman–Crippen MR) is 66.5 cm³/mol. The molecular weight excluding hydrogens is 231 g/mol. The molecular formula is C13H13FN4. The maximum Gasteiger partial charge on any atom is 0.143 e. The zero-order valence-corrected chi connectivity index (χ0v) is 10.0. The summed E-state index contributed by atoms with van der Waals surface area (Å²) in [5.41, 5.74) is 1.71. The van der Waals surface area contributed by atoms with Crippen molar-refractivity contribution in [2.24, 2.45) is 7.05 Å². The molecule has 5 heteroatoms. The zero-order chi connectivity index (χ0) is 13.0. The number of nitrogens with one attached hydrogen (secondary N) is 1. The molecule has 92 valence electrons. The predicted octanol–water partition coefficient (Wildman–Crippen LogP) is 2.09. The van der Waals surface area contributed by atoms with Crippen LogP contribution in [0.1, 0.15) is 11.3 Å². The Bertz CT molecular complexity index is 583. The molecule has 0 spiro atoms. The van der Waals surface area contributed by atoms with Crippen LogP contribution < -0.4 is 5.32 Å². The lowest BCUT2D eigenvalue weighted by Crippen LogP contribution is -2.06. The Morgan fingerprint density at radius 1 is 1.44 bits per heavy atom. The minimum absolute atomic E-state index is 0.0604. The fourth-order valence-electron chi connectivity index (χ4n) is 1.65. The molecule has 0 aliphatic rings. The summed E-state index contributed by atoms with van der Waals surface area (Å²) in [6, 6.07) is 8.23. The number of hydrogen-bond donors (Lipinski definition) is 1. The molecule has 0 bridgehead atoms. The maximum absolute atomic E-state index is 13.3. The third-order valence-corrected chi connectivity index (χ3v) is 2.57. The van der Waals surface area contributed by atoms with Crippen molar-refractivity contribution in [3.8, 4) is 6.07 Å². The molecule has 0 fully saturated rings. The lowest BCUT2D eigenvalue weighted by Gasteiger charge is -2.05. The van der Waals surface area contributed by atoms with Crippen molar-refractivity contribution in [2.45, 2.75) is 6.42 Å². The van der Waals surface area contributed by atoms with Crippen LogP contribution in [-0.4, -0.2) is 16.3 Å². The first-order valence-corrected chi connectivity index (χ1v) is 5.61. The number of anilines is 1. The molecule has 1 aromatic heterocycles. The molecule has 1 aromatic carbocycles. The number of hydrogen-bond acceptors (Lipinski definition) is 3. The van der Waals surface area contributed by atoms with E-state index >= 15 is 0 Å². The van der Waals surface area contributed by atoms with Crippen LogP contribution in [0.15, 0.2) is 30.5 Å².